The van der Waals surface area contributed by atoms with Gasteiger partial charge in [0.25, 0.3) is 0 Å². The van der Waals surface area contributed by atoms with Crippen molar-refractivity contribution in [3.8, 4) is 5.75 Å². The minimum absolute atomic E-state index is 0.134. The number of likely N-dealkylation sites (tertiary alicyclic amines) is 2. The Morgan fingerprint density at radius 2 is 1.67 bits per heavy atom. The van der Waals surface area contributed by atoms with E-state index in [4.69, 9.17) is 39.5 Å². The van der Waals surface area contributed by atoms with Gasteiger partial charge in [-0.3, -0.25) is 14.4 Å². The molecule has 6 nitrogen and oxygen atoms in total. The first-order chi connectivity index (χ1) is 18.8. The van der Waals surface area contributed by atoms with Gasteiger partial charge in [0, 0.05) is 40.9 Å². The van der Waals surface area contributed by atoms with Crippen molar-refractivity contribution in [1.29, 1.82) is 0 Å². The molecule has 5 rings (SSSR count). The molecule has 0 N–H and O–H groups in total. The van der Waals surface area contributed by atoms with Gasteiger partial charge in [0.1, 0.15) is 18.9 Å². The molecule has 3 heterocycles. The van der Waals surface area contributed by atoms with Crippen molar-refractivity contribution < 1.29 is 9.53 Å². The average Bonchev–Trinajstić information content (AvgIpc) is 3.59. The molecule has 0 bridgehead atoms. The molecule has 2 aliphatic rings. The van der Waals surface area contributed by atoms with E-state index < -0.39 is 0 Å². The summed E-state index contributed by atoms with van der Waals surface area (Å²) in [5, 5.41) is 6.34. The fourth-order valence-corrected chi connectivity index (χ4v) is 5.63. The molecule has 0 unspecified atom stereocenters. The third-order valence-corrected chi connectivity index (χ3v) is 8.20. The lowest BCUT2D eigenvalue weighted by molar-refractivity contribution is -0.133. The molecule has 0 radical (unpaired) electrons. The molecular weight excluding hydrogens is 555 g/mol. The van der Waals surface area contributed by atoms with E-state index in [1.165, 1.54) is 31.5 Å². The van der Waals surface area contributed by atoms with Crippen molar-refractivity contribution in [3.63, 3.8) is 0 Å². The second-order valence-corrected chi connectivity index (χ2v) is 11.6. The van der Waals surface area contributed by atoms with Crippen molar-refractivity contribution in [2.24, 2.45) is 0 Å². The molecule has 0 saturated carbocycles. The summed E-state index contributed by atoms with van der Waals surface area (Å²) < 4.78 is 7.89. The highest BCUT2D eigenvalue weighted by molar-refractivity contribution is 6.35. The maximum atomic E-state index is 12.6. The number of rotatable bonds is 7. The Morgan fingerprint density at radius 3 is 2.31 bits per heavy atom. The quantitative estimate of drug-likeness (QED) is 0.296. The van der Waals surface area contributed by atoms with Gasteiger partial charge in [-0.15, -0.1) is 0 Å². The summed E-state index contributed by atoms with van der Waals surface area (Å²) in [6, 6.07) is 11.4. The van der Waals surface area contributed by atoms with Crippen LogP contribution in [0.3, 0.4) is 0 Å². The van der Waals surface area contributed by atoms with Crippen LogP contribution in [0, 0.1) is 13.8 Å². The number of aryl methyl sites for hydroxylation is 2. The average molecular weight is 592 g/mol. The summed E-state index contributed by atoms with van der Waals surface area (Å²) in [5.41, 5.74) is 3.35. The molecule has 9 heteroatoms. The Morgan fingerprint density at radius 1 is 0.974 bits per heavy atom. The predicted molar refractivity (Wildman–Crippen MR) is 159 cm³/mol. The Hall–Kier alpha value is -2.25. The zero-order chi connectivity index (χ0) is 27.8. The zero-order valence-electron chi connectivity index (χ0n) is 22.7. The molecule has 2 aromatic carbocycles. The van der Waals surface area contributed by atoms with Crippen LogP contribution in [0.15, 0.2) is 48.8 Å². The van der Waals surface area contributed by atoms with Crippen LogP contribution >= 0.6 is 34.8 Å². The van der Waals surface area contributed by atoms with Crippen LogP contribution in [0.2, 0.25) is 15.1 Å². The Bertz CT molecular complexity index is 1230. The number of piperidine rings is 1. The van der Waals surface area contributed by atoms with E-state index in [0.717, 1.165) is 54.4 Å². The number of benzene rings is 2. The molecule has 210 valence electrons. The molecule has 0 spiro atoms. The Balaban J connectivity index is 0.000000333. The van der Waals surface area contributed by atoms with Crippen molar-refractivity contribution in [2.75, 3.05) is 39.3 Å². The normalized spacial score (nSPS) is 16.2. The number of ether oxygens (including phenoxy) is 1. The number of nitrogens with zero attached hydrogens (tertiary/aromatic N) is 4. The van der Waals surface area contributed by atoms with Gasteiger partial charge >= 0.3 is 0 Å². The van der Waals surface area contributed by atoms with Gasteiger partial charge in [0.2, 0.25) is 5.91 Å². The van der Waals surface area contributed by atoms with Gasteiger partial charge in [-0.2, -0.15) is 5.10 Å². The molecule has 0 aliphatic carbocycles. The largest absolute Gasteiger partial charge is 0.492 e. The number of hydrogen-bond acceptors (Lipinski definition) is 4. The Labute approximate surface area is 246 Å². The lowest BCUT2D eigenvalue weighted by atomic mass is 9.88. The van der Waals surface area contributed by atoms with Crippen molar-refractivity contribution in [1.82, 2.24) is 19.6 Å². The van der Waals surface area contributed by atoms with Crippen molar-refractivity contribution in [3.05, 3.63) is 80.6 Å². The summed E-state index contributed by atoms with van der Waals surface area (Å²) in [7, 11) is 0. The van der Waals surface area contributed by atoms with Crippen LogP contribution in [0.1, 0.15) is 48.3 Å². The molecule has 3 aromatic rings. The van der Waals surface area contributed by atoms with Crippen LogP contribution in [0.25, 0.3) is 0 Å². The number of carbonyl (C=O) groups excluding carboxylic acids is 1. The maximum absolute atomic E-state index is 12.6. The molecule has 2 saturated heterocycles. The minimum Gasteiger partial charge on any atom is -0.492 e. The van der Waals surface area contributed by atoms with Gasteiger partial charge in [0.05, 0.1) is 6.20 Å². The molecule has 0 atom stereocenters. The summed E-state index contributed by atoms with van der Waals surface area (Å²) in [5.74, 6) is 1.42. The SMILES string of the molecule is Cc1ccc(Cl)cc1Cl.Cc1cnn(CC(=O)N2CCC(c3ccc(Cl)cc3OCCN3CCCC3)CC2)c1. The van der Waals surface area contributed by atoms with Crippen molar-refractivity contribution >= 4 is 40.7 Å². The van der Waals surface area contributed by atoms with E-state index in [-0.39, 0.29) is 5.91 Å². The first-order valence-corrected chi connectivity index (χ1v) is 14.7. The number of aromatic nitrogens is 2. The highest BCUT2D eigenvalue weighted by Gasteiger charge is 2.26. The van der Waals surface area contributed by atoms with Gasteiger partial charge in [-0.25, -0.2) is 0 Å². The molecule has 2 aliphatic heterocycles. The first-order valence-electron chi connectivity index (χ1n) is 13.6. The van der Waals surface area contributed by atoms with E-state index in [1.54, 1.807) is 16.9 Å². The highest BCUT2D eigenvalue weighted by Crippen LogP contribution is 2.36. The number of carbonyl (C=O) groups is 1. The number of halogens is 3. The minimum atomic E-state index is 0.134. The summed E-state index contributed by atoms with van der Waals surface area (Å²) in [6.07, 6.45) is 8.15. The standard InChI is InChI=1S/C23H31ClN4O2.C7H6Cl2/c1-18-15-25-28(16-18)17-23(29)27-10-6-19(7-11-27)21-5-4-20(24)14-22(21)30-13-12-26-8-2-3-9-26;1-5-2-3-6(8)4-7(5)9/h4-5,14-16,19H,2-3,6-13,17H2,1H3;2-4H,1H3. The molecular formula is C30H37Cl3N4O2. The van der Waals surface area contributed by atoms with Gasteiger partial charge < -0.3 is 9.64 Å². The fraction of sp³-hybridized carbons (Fsp3) is 0.467. The molecule has 2 fully saturated rings. The predicted octanol–water partition coefficient (Wildman–Crippen LogP) is 7.03. The maximum Gasteiger partial charge on any atom is 0.244 e. The summed E-state index contributed by atoms with van der Waals surface area (Å²) in [6.45, 7) is 9.77. The second kappa shape index (κ2) is 14.4. The van der Waals surface area contributed by atoms with Gasteiger partial charge in [-0.1, -0.05) is 46.9 Å². The fourth-order valence-electron chi connectivity index (χ4n) is 5.06. The van der Waals surface area contributed by atoms with Crippen molar-refractivity contribution in [2.45, 2.75) is 52.0 Å². The first kappa shape index (κ1) is 29.7. The van der Waals surface area contributed by atoms with Gasteiger partial charge in [-0.05, 0) is 99.5 Å². The zero-order valence-corrected chi connectivity index (χ0v) is 25.0. The summed E-state index contributed by atoms with van der Waals surface area (Å²) >= 11 is 17.6. The van der Waals surface area contributed by atoms with E-state index >= 15 is 0 Å². The van der Waals surface area contributed by atoms with Crippen LogP contribution in [-0.4, -0.2) is 64.8 Å². The monoisotopic (exact) mass is 590 g/mol. The number of hydrogen-bond donors (Lipinski definition) is 0. The van der Waals surface area contributed by atoms with Crippen LogP contribution < -0.4 is 4.74 Å². The number of amides is 1. The third kappa shape index (κ3) is 8.87. The van der Waals surface area contributed by atoms with E-state index in [1.807, 2.05) is 49.2 Å². The van der Waals surface area contributed by atoms with Crippen LogP contribution in [0.5, 0.6) is 5.75 Å². The lowest BCUT2D eigenvalue weighted by Crippen LogP contribution is -2.39. The van der Waals surface area contributed by atoms with Crippen LogP contribution in [0.4, 0.5) is 0 Å². The Kier molecular flexibility index (Phi) is 11.0. The third-order valence-electron chi connectivity index (χ3n) is 7.32. The molecule has 1 aromatic heterocycles. The van der Waals surface area contributed by atoms with E-state index in [9.17, 15) is 4.79 Å². The lowest BCUT2D eigenvalue weighted by Gasteiger charge is -2.33. The topological polar surface area (TPSA) is 50.6 Å². The molecule has 1 amide bonds. The van der Waals surface area contributed by atoms with E-state index in [2.05, 4.69) is 16.1 Å². The second-order valence-electron chi connectivity index (χ2n) is 10.3. The smallest absolute Gasteiger partial charge is 0.244 e. The van der Waals surface area contributed by atoms with Crippen LogP contribution in [-0.2, 0) is 11.3 Å². The summed E-state index contributed by atoms with van der Waals surface area (Å²) in [4.78, 5) is 17.0. The van der Waals surface area contributed by atoms with E-state index in [0.29, 0.717) is 29.1 Å². The molecule has 39 heavy (non-hydrogen) atoms. The van der Waals surface area contributed by atoms with Gasteiger partial charge in [0.15, 0.2) is 0 Å². The highest BCUT2D eigenvalue weighted by atomic mass is 35.5.